The molecule has 2 N–H and O–H groups in total. The monoisotopic (exact) mass is 290 g/mol. The first-order valence-electron chi connectivity index (χ1n) is 7.59. The summed E-state index contributed by atoms with van der Waals surface area (Å²) in [7, 11) is 3.94. The third-order valence-electron chi connectivity index (χ3n) is 3.16. The number of aliphatic imine (C=N–C) groups is 1. The molecule has 0 saturated carbocycles. The molecule has 0 unspecified atom stereocenters. The number of nitrogens with one attached hydrogen (secondary N) is 2. The Labute approximate surface area is 129 Å². The second kappa shape index (κ2) is 8.03. The Kier molecular flexibility index (Phi) is 6.69. The molecule has 4 heteroatoms. The van der Waals surface area contributed by atoms with Crippen molar-refractivity contribution in [1.82, 2.24) is 15.5 Å². The lowest BCUT2D eigenvalue weighted by Gasteiger charge is -2.24. The molecule has 0 aliphatic heterocycles. The molecule has 1 aromatic rings. The van der Waals surface area contributed by atoms with Crippen molar-refractivity contribution in [2.75, 3.05) is 20.6 Å². The van der Waals surface area contributed by atoms with Crippen LogP contribution in [0, 0.1) is 0 Å². The molecule has 1 aromatic carbocycles. The number of hydrogen-bond donors (Lipinski definition) is 2. The van der Waals surface area contributed by atoms with E-state index in [1.807, 2.05) is 0 Å². The molecule has 0 saturated heterocycles. The van der Waals surface area contributed by atoms with Crippen molar-refractivity contribution in [1.29, 1.82) is 0 Å². The zero-order valence-corrected chi connectivity index (χ0v) is 14.3. The maximum atomic E-state index is 4.26. The summed E-state index contributed by atoms with van der Waals surface area (Å²) in [5.41, 5.74) is 2.62. The Balaban J connectivity index is 2.61. The molecular weight excluding hydrogens is 260 g/mol. The summed E-state index contributed by atoms with van der Waals surface area (Å²) >= 11 is 0. The van der Waals surface area contributed by atoms with Crippen LogP contribution >= 0.6 is 0 Å². The molecule has 4 nitrogen and oxygen atoms in total. The zero-order valence-electron chi connectivity index (χ0n) is 14.3. The van der Waals surface area contributed by atoms with Gasteiger partial charge in [0.15, 0.2) is 5.96 Å². The van der Waals surface area contributed by atoms with Gasteiger partial charge in [0.25, 0.3) is 0 Å². The molecule has 0 aliphatic rings. The number of rotatable bonds is 5. The smallest absolute Gasteiger partial charge is 0.191 e. The fraction of sp³-hybridized carbons (Fsp3) is 0.588. The zero-order chi connectivity index (χ0) is 15.9. The second-order valence-corrected chi connectivity index (χ2v) is 6.45. The molecule has 1 rings (SSSR count). The fourth-order valence-corrected chi connectivity index (χ4v) is 1.98. The summed E-state index contributed by atoms with van der Waals surface area (Å²) in [6, 6.07) is 8.70. The topological polar surface area (TPSA) is 39.7 Å². The van der Waals surface area contributed by atoms with Gasteiger partial charge >= 0.3 is 0 Å². The number of guanidine groups is 1. The highest BCUT2D eigenvalue weighted by Gasteiger charge is 2.11. The Bertz CT molecular complexity index is 460. The van der Waals surface area contributed by atoms with Gasteiger partial charge in [0, 0.05) is 25.7 Å². The van der Waals surface area contributed by atoms with Crippen LogP contribution in [-0.2, 0) is 13.1 Å². The highest BCUT2D eigenvalue weighted by atomic mass is 15.2. The minimum Gasteiger partial charge on any atom is -0.352 e. The normalized spacial score (nSPS) is 12.6. The lowest BCUT2D eigenvalue weighted by Crippen LogP contribution is -2.47. The van der Waals surface area contributed by atoms with Gasteiger partial charge < -0.3 is 15.5 Å². The lowest BCUT2D eigenvalue weighted by atomic mass is 10.1. The molecule has 0 spiro atoms. The summed E-state index contributed by atoms with van der Waals surface area (Å²) in [5, 5.41) is 6.72. The van der Waals surface area contributed by atoms with E-state index >= 15 is 0 Å². The van der Waals surface area contributed by atoms with E-state index in [2.05, 4.69) is 79.5 Å². The third kappa shape index (κ3) is 7.14. The fourth-order valence-electron chi connectivity index (χ4n) is 1.98. The average molecular weight is 290 g/mol. The van der Waals surface area contributed by atoms with Crippen molar-refractivity contribution in [3.63, 3.8) is 0 Å². The maximum absolute atomic E-state index is 4.26. The molecule has 0 fully saturated rings. The van der Waals surface area contributed by atoms with Crippen molar-refractivity contribution < 1.29 is 0 Å². The molecule has 0 atom stereocenters. The van der Waals surface area contributed by atoms with Gasteiger partial charge in [-0.05, 0) is 45.5 Å². The molecule has 0 radical (unpaired) electrons. The van der Waals surface area contributed by atoms with Crippen LogP contribution in [-0.4, -0.2) is 37.0 Å². The van der Waals surface area contributed by atoms with Crippen LogP contribution in [0.4, 0.5) is 0 Å². The van der Waals surface area contributed by atoms with Gasteiger partial charge in [0.1, 0.15) is 0 Å². The van der Waals surface area contributed by atoms with Gasteiger partial charge in [-0.3, -0.25) is 4.99 Å². The number of benzene rings is 1. The van der Waals surface area contributed by atoms with Gasteiger partial charge in [0.2, 0.25) is 0 Å². The van der Waals surface area contributed by atoms with Crippen LogP contribution in [0.5, 0.6) is 0 Å². The van der Waals surface area contributed by atoms with Crippen LogP contribution < -0.4 is 10.6 Å². The summed E-state index contributed by atoms with van der Waals surface area (Å²) in [6.45, 7) is 11.4. The van der Waals surface area contributed by atoms with Crippen molar-refractivity contribution in [2.45, 2.75) is 46.3 Å². The standard InChI is InChI=1S/C17H30N4/c1-7-21(6)13-15-10-8-9-14(11-15)12-19-16(18-5)20-17(2,3)4/h8-11H,7,12-13H2,1-6H3,(H2,18,19,20). The van der Waals surface area contributed by atoms with Gasteiger partial charge in [-0.15, -0.1) is 0 Å². The first kappa shape index (κ1) is 17.5. The van der Waals surface area contributed by atoms with E-state index in [1.54, 1.807) is 7.05 Å². The van der Waals surface area contributed by atoms with Crippen LogP contribution in [0.1, 0.15) is 38.8 Å². The quantitative estimate of drug-likeness (QED) is 0.647. The number of hydrogen-bond acceptors (Lipinski definition) is 2. The van der Waals surface area contributed by atoms with Crippen LogP contribution in [0.2, 0.25) is 0 Å². The Morgan fingerprint density at radius 3 is 2.48 bits per heavy atom. The SMILES string of the molecule is CCN(C)Cc1cccc(CNC(=NC)NC(C)(C)C)c1. The van der Waals surface area contributed by atoms with Gasteiger partial charge in [-0.1, -0.05) is 31.2 Å². The van der Waals surface area contributed by atoms with Crippen molar-refractivity contribution in [3.05, 3.63) is 35.4 Å². The molecule has 0 amide bonds. The predicted molar refractivity (Wildman–Crippen MR) is 91.5 cm³/mol. The highest BCUT2D eigenvalue weighted by Crippen LogP contribution is 2.07. The Hall–Kier alpha value is -1.55. The van der Waals surface area contributed by atoms with E-state index < -0.39 is 0 Å². The highest BCUT2D eigenvalue weighted by molar-refractivity contribution is 5.80. The van der Waals surface area contributed by atoms with E-state index in [1.165, 1.54) is 11.1 Å². The molecule has 21 heavy (non-hydrogen) atoms. The van der Waals surface area contributed by atoms with E-state index in [0.29, 0.717) is 0 Å². The molecule has 118 valence electrons. The van der Waals surface area contributed by atoms with Crippen molar-refractivity contribution in [3.8, 4) is 0 Å². The molecular formula is C17H30N4. The summed E-state index contributed by atoms with van der Waals surface area (Å²) in [4.78, 5) is 6.56. The van der Waals surface area contributed by atoms with E-state index in [0.717, 1.165) is 25.6 Å². The van der Waals surface area contributed by atoms with Gasteiger partial charge in [-0.2, -0.15) is 0 Å². The van der Waals surface area contributed by atoms with E-state index in [4.69, 9.17) is 0 Å². The Morgan fingerprint density at radius 2 is 1.90 bits per heavy atom. The summed E-state index contributed by atoms with van der Waals surface area (Å²) < 4.78 is 0. The minimum atomic E-state index is 0.00747. The first-order valence-corrected chi connectivity index (χ1v) is 7.59. The molecule has 0 bridgehead atoms. The van der Waals surface area contributed by atoms with E-state index in [9.17, 15) is 0 Å². The van der Waals surface area contributed by atoms with Gasteiger partial charge in [0.05, 0.1) is 0 Å². The van der Waals surface area contributed by atoms with Crippen molar-refractivity contribution >= 4 is 5.96 Å². The second-order valence-electron chi connectivity index (χ2n) is 6.45. The van der Waals surface area contributed by atoms with Crippen LogP contribution in [0.25, 0.3) is 0 Å². The molecule has 0 heterocycles. The molecule has 0 aromatic heterocycles. The van der Waals surface area contributed by atoms with Crippen LogP contribution in [0.15, 0.2) is 29.3 Å². The Morgan fingerprint density at radius 1 is 1.24 bits per heavy atom. The molecule has 0 aliphatic carbocycles. The first-order chi connectivity index (χ1) is 9.84. The summed E-state index contributed by atoms with van der Waals surface area (Å²) in [5.74, 6) is 0.832. The predicted octanol–water partition coefficient (Wildman–Crippen LogP) is 2.60. The van der Waals surface area contributed by atoms with Crippen molar-refractivity contribution in [2.24, 2.45) is 4.99 Å². The third-order valence-corrected chi connectivity index (χ3v) is 3.16. The average Bonchev–Trinajstić information content (AvgIpc) is 2.42. The van der Waals surface area contributed by atoms with Gasteiger partial charge in [-0.25, -0.2) is 0 Å². The van der Waals surface area contributed by atoms with E-state index in [-0.39, 0.29) is 5.54 Å². The lowest BCUT2D eigenvalue weighted by molar-refractivity contribution is 0.345. The number of nitrogens with zero attached hydrogens (tertiary/aromatic N) is 2. The summed E-state index contributed by atoms with van der Waals surface area (Å²) in [6.07, 6.45) is 0. The van der Waals surface area contributed by atoms with Crippen LogP contribution in [0.3, 0.4) is 0 Å². The minimum absolute atomic E-state index is 0.00747. The largest absolute Gasteiger partial charge is 0.352 e. The maximum Gasteiger partial charge on any atom is 0.191 e.